The number of likely N-dealkylation sites (tertiary alicyclic amines) is 1. The number of guanidine groups is 1. The van der Waals surface area contributed by atoms with Gasteiger partial charge in [-0.2, -0.15) is 0 Å². The normalized spacial score (nSPS) is 15.4. The third kappa shape index (κ3) is 7.09. The Bertz CT molecular complexity index is 881. The van der Waals surface area contributed by atoms with Gasteiger partial charge in [0.1, 0.15) is 0 Å². The zero-order chi connectivity index (χ0) is 22.9. The van der Waals surface area contributed by atoms with Gasteiger partial charge < -0.3 is 15.5 Å². The first-order chi connectivity index (χ1) is 15.4. The number of nitrogens with one attached hydrogen (secondary N) is 2. The monoisotopic (exact) mass is 435 g/mol. The van der Waals surface area contributed by atoms with E-state index >= 15 is 0 Å². The van der Waals surface area contributed by atoms with Crippen LogP contribution in [0.5, 0.6) is 0 Å². The molecule has 0 radical (unpaired) electrons. The maximum Gasteiger partial charge on any atom is 0.253 e. The van der Waals surface area contributed by atoms with Gasteiger partial charge in [-0.3, -0.25) is 14.7 Å². The SMILES string of the molecule is CN=C(NCc1ccc(CN2CCC(C)CC2)cc1)NCc1ccc(C(=O)N(C)C)cc1. The van der Waals surface area contributed by atoms with E-state index in [1.165, 1.54) is 37.1 Å². The maximum absolute atomic E-state index is 12.0. The Labute approximate surface area is 192 Å². The fraction of sp³-hybridized carbons (Fsp3) is 0.462. The number of rotatable bonds is 7. The van der Waals surface area contributed by atoms with Crippen molar-refractivity contribution >= 4 is 11.9 Å². The smallest absolute Gasteiger partial charge is 0.253 e. The molecule has 2 N–H and O–H groups in total. The average Bonchev–Trinajstić information content (AvgIpc) is 2.81. The topological polar surface area (TPSA) is 60.0 Å². The lowest BCUT2D eigenvalue weighted by molar-refractivity contribution is 0.0827. The number of piperidine rings is 1. The van der Waals surface area contributed by atoms with Crippen molar-refractivity contribution in [2.24, 2.45) is 10.9 Å². The van der Waals surface area contributed by atoms with Gasteiger partial charge in [-0.1, -0.05) is 43.3 Å². The first kappa shape index (κ1) is 23.8. The molecule has 6 nitrogen and oxygen atoms in total. The van der Waals surface area contributed by atoms with Gasteiger partial charge in [-0.15, -0.1) is 0 Å². The van der Waals surface area contributed by atoms with E-state index in [1.54, 1.807) is 26.0 Å². The van der Waals surface area contributed by atoms with E-state index in [4.69, 9.17) is 0 Å². The van der Waals surface area contributed by atoms with Crippen LogP contribution in [0.4, 0.5) is 0 Å². The quantitative estimate of drug-likeness (QED) is 0.516. The third-order valence-electron chi connectivity index (χ3n) is 6.06. The van der Waals surface area contributed by atoms with Crippen molar-refractivity contribution in [2.45, 2.75) is 39.4 Å². The van der Waals surface area contributed by atoms with Crippen LogP contribution in [0, 0.1) is 5.92 Å². The van der Waals surface area contributed by atoms with Gasteiger partial charge in [-0.05, 0) is 60.7 Å². The van der Waals surface area contributed by atoms with Crippen LogP contribution in [0.1, 0.15) is 46.8 Å². The Kier molecular flexibility index (Phi) is 8.68. The lowest BCUT2D eigenvalue weighted by Crippen LogP contribution is -2.36. The molecule has 1 saturated heterocycles. The molecule has 0 atom stereocenters. The van der Waals surface area contributed by atoms with E-state index in [1.807, 2.05) is 24.3 Å². The predicted molar refractivity (Wildman–Crippen MR) is 132 cm³/mol. The van der Waals surface area contributed by atoms with Crippen LogP contribution >= 0.6 is 0 Å². The second-order valence-electron chi connectivity index (χ2n) is 8.95. The molecule has 0 spiro atoms. The van der Waals surface area contributed by atoms with Crippen LogP contribution in [0.3, 0.4) is 0 Å². The molecule has 0 bridgehead atoms. The lowest BCUT2D eigenvalue weighted by Gasteiger charge is -2.30. The summed E-state index contributed by atoms with van der Waals surface area (Å²) in [5.41, 5.74) is 4.40. The summed E-state index contributed by atoms with van der Waals surface area (Å²) in [7, 11) is 5.29. The lowest BCUT2D eigenvalue weighted by atomic mass is 9.99. The maximum atomic E-state index is 12.0. The molecule has 172 valence electrons. The van der Waals surface area contributed by atoms with Crippen molar-refractivity contribution in [1.82, 2.24) is 20.4 Å². The molecule has 1 amide bonds. The highest BCUT2D eigenvalue weighted by atomic mass is 16.2. The molecular weight excluding hydrogens is 398 g/mol. The molecular formula is C26H37N5O. The average molecular weight is 436 g/mol. The van der Waals surface area contributed by atoms with E-state index < -0.39 is 0 Å². The molecule has 6 heteroatoms. The Morgan fingerprint density at radius 3 is 1.94 bits per heavy atom. The molecule has 0 aromatic heterocycles. The van der Waals surface area contributed by atoms with Crippen molar-refractivity contribution in [3.8, 4) is 0 Å². The summed E-state index contributed by atoms with van der Waals surface area (Å²) in [6.45, 7) is 7.18. The van der Waals surface area contributed by atoms with Gasteiger partial charge in [0.15, 0.2) is 5.96 Å². The van der Waals surface area contributed by atoms with E-state index in [9.17, 15) is 4.79 Å². The second-order valence-corrected chi connectivity index (χ2v) is 8.95. The summed E-state index contributed by atoms with van der Waals surface area (Å²) in [5.74, 6) is 1.64. The first-order valence-electron chi connectivity index (χ1n) is 11.5. The third-order valence-corrected chi connectivity index (χ3v) is 6.06. The first-order valence-corrected chi connectivity index (χ1v) is 11.5. The van der Waals surface area contributed by atoms with Gasteiger partial charge in [0.05, 0.1) is 0 Å². The Hall–Kier alpha value is -2.86. The summed E-state index contributed by atoms with van der Waals surface area (Å²) >= 11 is 0. The minimum Gasteiger partial charge on any atom is -0.352 e. The zero-order valence-electron chi connectivity index (χ0n) is 19.9. The molecule has 2 aromatic rings. The van der Waals surface area contributed by atoms with E-state index in [0.717, 1.165) is 30.5 Å². The molecule has 1 aliphatic heterocycles. The van der Waals surface area contributed by atoms with Crippen molar-refractivity contribution in [3.63, 3.8) is 0 Å². The predicted octanol–water partition coefficient (Wildman–Crippen LogP) is 3.49. The summed E-state index contributed by atoms with van der Waals surface area (Å²) in [5, 5.41) is 6.71. The summed E-state index contributed by atoms with van der Waals surface area (Å²) in [6, 6.07) is 16.5. The fourth-order valence-corrected chi connectivity index (χ4v) is 3.86. The highest BCUT2D eigenvalue weighted by Crippen LogP contribution is 2.18. The number of carbonyl (C=O) groups excluding carboxylic acids is 1. The number of amides is 1. The van der Waals surface area contributed by atoms with E-state index in [-0.39, 0.29) is 5.91 Å². The molecule has 0 saturated carbocycles. The summed E-state index contributed by atoms with van der Waals surface area (Å²) < 4.78 is 0. The van der Waals surface area contributed by atoms with Crippen molar-refractivity contribution < 1.29 is 4.79 Å². The second kappa shape index (κ2) is 11.7. The van der Waals surface area contributed by atoms with Gasteiger partial charge in [0.2, 0.25) is 0 Å². The minimum atomic E-state index is 0.0125. The van der Waals surface area contributed by atoms with Crippen LogP contribution in [0.2, 0.25) is 0 Å². The molecule has 1 heterocycles. The Morgan fingerprint density at radius 2 is 1.44 bits per heavy atom. The molecule has 1 fully saturated rings. The fourth-order valence-electron chi connectivity index (χ4n) is 3.86. The van der Waals surface area contributed by atoms with Gasteiger partial charge in [0.25, 0.3) is 5.91 Å². The number of aliphatic imine (C=N–C) groups is 1. The molecule has 0 aliphatic carbocycles. The number of nitrogens with zero attached hydrogens (tertiary/aromatic N) is 3. The van der Waals surface area contributed by atoms with Crippen LogP contribution in [0.15, 0.2) is 53.5 Å². The molecule has 32 heavy (non-hydrogen) atoms. The minimum absolute atomic E-state index is 0.0125. The standard InChI is InChI=1S/C26H37N5O/c1-20-13-15-31(16-14-20)19-23-7-5-21(6-8-23)17-28-26(27-2)29-18-22-9-11-24(12-10-22)25(32)30(3)4/h5-12,20H,13-19H2,1-4H3,(H2,27,28,29). The number of carbonyl (C=O) groups is 1. The molecule has 0 unspecified atom stereocenters. The Balaban J connectivity index is 1.43. The zero-order valence-corrected chi connectivity index (χ0v) is 19.9. The van der Waals surface area contributed by atoms with E-state index in [0.29, 0.717) is 12.1 Å². The number of hydrogen-bond donors (Lipinski definition) is 2. The van der Waals surface area contributed by atoms with Crippen LogP contribution in [-0.2, 0) is 19.6 Å². The van der Waals surface area contributed by atoms with Crippen LogP contribution in [0.25, 0.3) is 0 Å². The van der Waals surface area contributed by atoms with Crippen LogP contribution < -0.4 is 10.6 Å². The molecule has 3 rings (SSSR count). The highest BCUT2D eigenvalue weighted by Gasteiger charge is 2.15. The van der Waals surface area contributed by atoms with Crippen molar-refractivity contribution in [3.05, 3.63) is 70.8 Å². The molecule has 2 aromatic carbocycles. The number of benzene rings is 2. The van der Waals surface area contributed by atoms with Crippen molar-refractivity contribution in [1.29, 1.82) is 0 Å². The van der Waals surface area contributed by atoms with Gasteiger partial charge in [0, 0.05) is 46.3 Å². The van der Waals surface area contributed by atoms with Gasteiger partial charge >= 0.3 is 0 Å². The Morgan fingerprint density at radius 1 is 0.938 bits per heavy atom. The molecule has 1 aliphatic rings. The largest absolute Gasteiger partial charge is 0.352 e. The highest BCUT2D eigenvalue weighted by molar-refractivity contribution is 5.93. The van der Waals surface area contributed by atoms with E-state index in [2.05, 4.69) is 51.7 Å². The summed E-state index contributed by atoms with van der Waals surface area (Å²) in [6.07, 6.45) is 2.62. The van der Waals surface area contributed by atoms with Gasteiger partial charge in [-0.25, -0.2) is 0 Å². The van der Waals surface area contributed by atoms with Crippen molar-refractivity contribution in [2.75, 3.05) is 34.2 Å². The number of hydrogen-bond acceptors (Lipinski definition) is 3. The summed E-state index contributed by atoms with van der Waals surface area (Å²) in [4.78, 5) is 20.5. The van der Waals surface area contributed by atoms with Crippen LogP contribution in [-0.4, -0.2) is 55.9 Å².